The molecular formula is C15H32N2. The van der Waals surface area contributed by atoms with Crippen LogP contribution in [0.4, 0.5) is 0 Å². The molecule has 0 aliphatic carbocycles. The molecule has 0 radical (unpaired) electrons. The van der Waals surface area contributed by atoms with Crippen molar-refractivity contribution in [2.24, 2.45) is 11.1 Å². The van der Waals surface area contributed by atoms with Crippen molar-refractivity contribution < 1.29 is 0 Å². The van der Waals surface area contributed by atoms with Crippen molar-refractivity contribution >= 4 is 0 Å². The predicted molar refractivity (Wildman–Crippen MR) is 76.2 cm³/mol. The second-order valence-electron chi connectivity index (χ2n) is 6.73. The van der Waals surface area contributed by atoms with Gasteiger partial charge < -0.3 is 10.6 Å². The molecule has 17 heavy (non-hydrogen) atoms. The molecule has 0 aromatic rings. The first kappa shape index (κ1) is 15.0. The number of piperidine rings is 1. The number of nitrogens with two attached hydrogens (primary N) is 1. The standard InChI is InChI=1S/C15H32N2/c1-5-6-7-9-15(3,4)12-17-10-8-14(16)11-13(17)2/h13-14H,5-12,16H2,1-4H3. The van der Waals surface area contributed by atoms with Gasteiger partial charge in [0.2, 0.25) is 0 Å². The highest BCUT2D eigenvalue weighted by atomic mass is 15.2. The molecule has 1 aliphatic heterocycles. The lowest BCUT2D eigenvalue weighted by Crippen LogP contribution is -2.48. The Morgan fingerprint density at radius 2 is 2.00 bits per heavy atom. The zero-order chi connectivity index (χ0) is 12.9. The van der Waals surface area contributed by atoms with Gasteiger partial charge in [0.05, 0.1) is 0 Å². The van der Waals surface area contributed by atoms with Crippen LogP contribution in [0.25, 0.3) is 0 Å². The van der Waals surface area contributed by atoms with E-state index in [9.17, 15) is 0 Å². The molecule has 0 amide bonds. The van der Waals surface area contributed by atoms with Crippen molar-refractivity contribution in [3.63, 3.8) is 0 Å². The highest BCUT2D eigenvalue weighted by Crippen LogP contribution is 2.28. The smallest absolute Gasteiger partial charge is 0.00819 e. The Hall–Kier alpha value is -0.0800. The third-order valence-corrected chi connectivity index (χ3v) is 4.14. The average Bonchev–Trinajstić information content (AvgIpc) is 2.22. The van der Waals surface area contributed by atoms with Gasteiger partial charge in [-0.3, -0.25) is 0 Å². The summed E-state index contributed by atoms with van der Waals surface area (Å²) < 4.78 is 0. The minimum absolute atomic E-state index is 0.435. The van der Waals surface area contributed by atoms with Gasteiger partial charge >= 0.3 is 0 Å². The summed E-state index contributed by atoms with van der Waals surface area (Å²) in [4.78, 5) is 2.65. The molecule has 2 nitrogen and oxygen atoms in total. The van der Waals surface area contributed by atoms with Gasteiger partial charge in [-0.1, -0.05) is 40.0 Å². The van der Waals surface area contributed by atoms with Crippen molar-refractivity contribution in [1.29, 1.82) is 0 Å². The van der Waals surface area contributed by atoms with Gasteiger partial charge in [0.1, 0.15) is 0 Å². The Bertz CT molecular complexity index is 213. The topological polar surface area (TPSA) is 29.3 Å². The number of hydrogen-bond donors (Lipinski definition) is 1. The molecule has 1 fully saturated rings. The van der Waals surface area contributed by atoms with Crippen molar-refractivity contribution in [1.82, 2.24) is 4.90 Å². The average molecular weight is 240 g/mol. The van der Waals surface area contributed by atoms with Crippen molar-refractivity contribution in [3.8, 4) is 0 Å². The summed E-state index contributed by atoms with van der Waals surface area (Å²) in [5.74, 6) is 0. The first-order valence-electron chi connectivity index (χ1n) is 7.44. The molecule has 102 valence electrons. The normalized spacial score (nSPS) is 27.4. The molecule has 0 bridgehead atoms. The number of unbranched alkanes of at least 4 members (excludes halogenated alkanes) is 2. The Morgan fingerprint density at radius 1 is 1.29 bits per heavy atom. The first-order valence-corrected chi connectivity index (χ1v) is 7.44. The zero-order valence-corrected chi connectivity index (χ0v) is 12.3. The lowest BCUT2D eigenvalue weighted by molar-refractivity contribution is 0.0914. The van der Waals surface area contributed by atoms with E-state index in [0.717, 1.165) is 0 Å². The highest BCUT2D eigenvalue weighted by molar-refractivity contribution is 4.84. The van der Waals surface area contributed by atoms with Crippen LogP contribution in [-0.4, -0.2) is 30.1 Å². The number of hydrogen-bond acceptors (Lipinski definition) is 2. The number of nitrogens with zero attached hydrogens (tertiary/aromatic N) is 1. The van der Waals surface area contributed by atoms with Crippen LogP contribution in [0.15, 0.2) is 0 Å². The molecule has 0 aromatic heterocycles. The summed E-state index contributed by atoms with van der Waals surface area (Å²) in [5, 5.41) is 0. The number of likely N-dealkylation sites (tertiary alicyclic amines) is 1. The van der Waals surface area contributed by atoms with Crippen molar-refractivity contribution in [2.75, 3.05) is 13.1 Å². The second kappa shape index (κ2) is 6.75. The predicted octanol–water partition coefficient (Wildman–Crippen LogP) is 3.40. The Morgan fingerprint density at radius 3 is 2.59 bits per heavy atom. The van der Waals surface area contributed by atoms with Crippen molar-refractivity contribution in [2.45, 2.75) is 78.3 Å². The van der Waals surface area contributed by atoms with E-state index in [4.69, 9.17) is 5.73 Å². The second-order valence-corrected chi connectivity index (χ2v) is 6.73. The SMILES string of the molecule is CCCCCC(C)(C)CN1CCC(N)CC1C. The number of rotatable bonds is 6. The molecular weight excluding hydrogens is 208 g/mol. The zero-order valence-electron chi connectivity index (χ0n) is 12.3. The van der Waals surface area contributed by atoms with E-state index in [2.05, 4.69) is 32.6 Å². The van der Waals surface area contributed by atoms with Gasteiger partial charge in [0.15, 0.2) is 0 Å². The summed E-state index contributed by atoms with van der Waals surface area (Å²) in [5.41, 5.74) is 6.49. The molecule has 2 atom stereocenters. The monoisotopic (exact) mass is 240 g/mol. The fraction of sp³-hybridized carbons (Fsp3) is 1.00. The molecule has 0 spiro atoms. The third-order valence-electron chi connectivity index (χ3n) is 4.14. The van der Waals surface area contributed by atoms with Gasteiger partial charge in [-0.2, -0.15) is 0 Å². The molecule has 2 heteroatoms. The summed E-state index contributed by atoms with van der Waals surface area (Å²) in [7, 11) is 0. The maximum absolute atomic E-state index is 6.02. The summed E-state index contributed by atoms with van der Waals surface area (Å²) in [6, 6.07) is 1.11. The Kier molecular flexibility index (Phi) is 5.94. The summed E-state index contributed by atoms with van der Waals surface area (Å²) >= 11 is 0. The molecule has 0 saturated carbocycles. The van der Waals surface area contributed by atoms with Crippen LogP contribution in [0.3, 0.4) is 0 Å². The van der Waals surface area contributed by atoms with E-state index in [1.807, 2.05) is 0 Å². The molecule has 2 unspecified atom stereocenters. The van der Waals surface area contributed by atoms with Crippen LogP contribution in [0.2, 0.25) is 0 Å². The molecule has 0 aromatic carbocycles. The first-order chi connectivity index (χ1) is 7.94. The van der Waals surface area contributed by atoms with Crippen LogP contribution < -0.4 is 5.73 Å². The fourth-order valence-corrected chi connectivity index (χ4v) is 2.97. The van der Waals surface area contributed by atoms with E-state index in [1.54, 1.807) is 0 Å². The Balaban J connectivity index is 2.35. The van der Waals surface area contributed by atoms with Crippen LogP contribution in [0, 0.1) is 5.41 Å². The minimum atomic E-state index is 0.435. The molecule has 2 N–H and O–H groups in total. The van der Waals surface area contributed by atoms with Gasteiger partial charge in [-0.15, -0.1) is 0 Å². The molecule has 1 rings (SSSR count). The van der Waals surface area contributed by atoms with E-state index in [1.165, 1.54) is 51.6 Å². The molecule has 1 saturated heterocycles. The largest absolute Gasteiger partial charge is 0.328 e. The van der Waals surface area contributed by atoms with Crippen molar-refractivity contribution in [3.05, 3.63) is 0 Å². The van der Waals surface area contributed by atoms with Crippen LogP contribution in [0.5, 0.6) is 0 Å². The minimum Gasteiger partial charge on any atom is -0.328 e. The summed E-state index contributed by atoms with van der Waals surface area (Å²) in [6.07, 6.45) is 7.79. The maximum Gasteiger partial charge on any atom is 0.00819 e. The lowest BCUT2D eigenvalue weighted by atomic mass is 9.85. The van der Waals surface area contributed by atoms with E-state index in [0.29, 0.717) is 17.5 Å². The molecule has 1 heterocycles. The van der Waals surface area contributed by atoms with Gasteiger partial charge in [0.25, 0.3) is 0 Å². The Labute approximate surface area is 108 Å². The fourth-order valence-electron chi connectivity index (χ4n) is 2.97. The quantitative estimate of drug-likeness (QED) is 0.721. The van der Waals surface area contributed by atoms with Gasteiger partial charge in [-0.25, -0.2) is 0 Å². The summed E-state index contributed by atoms with van der Waals surface area (Å²) in [6.45, 7) is 11.9. The van der Waals surface area contributed by atoms with E-state index >= 15 is 0 Å². The van der Waals surface area contributed by atoms with E-state index in [-0.39, 0.29) is 0 Å². The molecule has 1 aliphatic rings. The van der Waals surface area contributed by atoms with Gasteiger partial charge in [0, 0.05) is 18.6 Å². The van der Waals surface area contributed by atoms with Gasteiger partial charge in [-0.05, 0) is 38.1 Å². The van der Waals surface area contributed by atoms with E-state index < -0.39 is 0 Å². The highest BCUT2D eigenvalue weighted by Gasteiger charge is 2.28. The van der Waals surface area contributed by atoms with Crippen LogP contribution >= 0.6 is 0 Å². The van der Waals surface area contributed by atoms with Crippen LogP contribution in [0.1, 0.15) is 66.2 Å². The lowest BCUT2D eigenvalue weighted by Gasteiger charge is -2.41. The van der Waals surface area contributed by atoms with Crippen LogP contribution in [-0.2, 0) is 0 Å². The third kappa shape index (κ3) is 5.39. The maximum atomic E-state index is 6.02.